The topological polar surface area (TPSA) is 64.5 Å². The van der Waals surface area contributed by atoms with Crippen LogP contribution < -0.4 is 0 Å². The van der Waals surface area contributed by atoms with Gasteiger partial charge in [0.05, 0.1) is 11.4 Å². The second-order valence-corrected chi connectivity index (χ2v) is 13.7. The van der Waals surface area contributed by atoms with Crippen LogP contribution in [0.4, 0.5) is 0 Å². The molecule has 0 aliphatic rings. The molecule has 0 atom stereocenters. The van der Waals surface area contributed by atoms with Gasteiger partial charge in [0.2, 0.25) is 0 Å². The Balaban J connectivity index is 1.05. The van der Waals surface area contributed by atoms with Crippen LogP contribution in [-0.2, 0) is 0 Å². The van der Waals surface area contributed by atoms with E-state index in [1.54, 1.807) is 0 Å². The van der Waals surface area contributed by atoms with E-state index in [-0.39, 0.29) is 0 Å². The van der Waals surface area contributed by atoms with Crippen molar-refractivity contribution in [2.24, 2.45) is 0 Å². The van der Waals surface area contributed by atoms with Gasteiger partial charge in [0.15, 0.2) is 23.3 Å². The van der Waals surface area contributed by atoms with E-state index in [1.807, 2.05) is 84.9 Å². The molecule has 56 heavy (non-hydrogen) atoms. The summed E-state index contributed by atoms with van der Waals surface area (Å²) in [5.41, 5.74) is 9.60. The van der Waals surface area contributed by atoms with E-state index in [0.29, 0.717) is 23.3 Å². The van der Waals surface area contributed by atoms with E-state index < -0.39 is 0 Å². The van der Waals surface area contributed by atoms with Gasteiger partial charge < -0.3 is 0 Å². The minimum Gasteiger partial charge on any atom is -0.228 e. The first-order valence-electron chi connectivity index (χ1n) is 18.7. The minimum absolute atomic E-state index is 0.615. The first-order valence-corrected chi connectivity index (χ1v) is 18.7. The van der Waals surface area contributed by atoms with Crippen LogP contribution in [-0.4, -0.2) is 24.9 Å². The van der Waals surface area contributed by atoms with Crippen molar-refractivity contribution in [1.82, 2.24) is 24.9 Å². The first kappa shape index (κ1) is 33.0. The lowest BCUT2D eigenvalue weighted by molar-refractivity contribution is 1.07. The molecule has 2 heterocycles. The Morgan fingerprint density at radius 1 is 0.232 bits per heavy atom. The van der Waals surface area contributed by atoms with Crippen molar-refractivity contribution >= 4 is 21.5 Å². The third-order valence-electron chi connectivity index (χ3n) is 10.2. The molecule has 0 N–H and O–H groups in total. The Kier molecular flexibility index (Phi) is 8.43. The van der Waals surface area contributed by atoms with Crippen LogP contribution in [0.25, 0.3) is 101 Å². The number of fused-ring (bicyclic) bond motifs is 3. The Morgan fingerprint density at radius 2 is 0.679 bits per heavy atom. The quantitative estimate of drug-likeness (QED) is 0.154. The molecule has 8 aromatic carbocycles. The van der Waals surface area contributed by atoms with Gasteiger partial charge in [-0.05, 0) is 44.8 Å². The van der Waals surface area contributed by atoms with Crippen LogP contribution in [0.5, 0.6) is 0 Å². The second kappa shape index (κ2) is 14.3. The van der Waals surface area contributed by atoms with Crippen LogP contribution in [0.3, 0.4) is 0 Å². The van der Waals surface area contributed by atoms with Crippen molar-refractivity contribution in [2.75, 3.05) is 0 Å². The lowest BCUT2D eigenvalue weighted by Gasteiger charge is -2.13. The van der Waals surface area contributed by atoms with Gasteiger partial charge in [-0.1, -0.05) is 188 Å². The predicted molar refractivity (Wildman–Crippen MR) is 228 cm³/mol. The van der Waals surface area contributed by atoms with Crippen LogP contribution in [0.1, 0.15) is 0 Å². The maximum Gasteiger partial charge on any atom is 0.164 e. The molecular formula is C51H33N5. The molecule has 0 spiro atoms. The molecule has 10 rings (SSSR count). The Labute approximate surface area is 324 Å². The molecule has 10 aromatic rings. The molecule has 0 bridgehead atoms. The molecule has 0 radical (unpaired) electrons. The van der Waals surface area contributed by atoms with E-state index >= 15 is 0 Å². The molecule has 0 unspecified atom stereocenters. The highest BCUT2D eigenvalue weighted by Crippen LogP contribution is 2.35. The van der Waals surface area contributed by atoms with Gasteiger partial charge in [-0.15, -0.1) is 0 Å². The summed E-state index contributed by atoms with van der Waals surface area (Å²) in [5.74, 6) is 2.54. The Bertz CT molecular complexity index is 2940. The van der Waals surface area contributed by atoms with E-state index in [2.05, 4.69) is 115 Å². The van der Waals surface area contributed by atoms with E-state index in [0.717, 1.165) is 55.9 Å². The zero-order chi connectivity index (χ0) is 37.3. The molecule has 0 saturated carbocycles. The largest absolute Gasteiger partial charge is 0.228 e. The second-order valence-electron chi connectivity index (χ2n) is 13.7. The van der Waals surface area contributed by atoms with Crippen molar-refractivity contribution < 1.29 is 0 Å². The smallest absolute Gasteiger partial charge is 0.164 e. The lowest BCUT2D eigenvalue weighted by Crippen LogP contribution is -2.01. The fourth-order valence-electron chi connectivity index (χ4n) is 7.31. The summed E-state index contributed by atoms with van der Waals surface area (Å²) in [6.07, 6.45) is 0. The number of hydrogen-bond acceptors (Lipinski definition) is 5. The first-order chi connectivity index (χ1) is 27.7. The SMILES string of the molecule is c1ccc(-c2cc(-c3ccc4c(ccc5ccccc54)c3)nc(-c3ccc(-c4ccccc4-c4nc(-c5ccccc5)nc(-c5ccccc5)n4)cc3)n2)cc1. The standard InChI is InChI=1S/C51H33N5/c1-4-15-36(16-5-1)46-33-47(41-30-31-44-40(32-41)29-26-34-14-10-11-21-42(34)44)53-48(52-46)39-27-24-35(25-28-39)43-22-12-13-23-45(43)51-55-49(37-17-6-2-7-18-37)54-50(56-51)38-19-8-3-9-20-38/h1-33H. The van der Waals surface area contributed by atoms with Crippen molar-refractivity contribution in [3.63, 3.8) is 0 Å². The average molecular weight is 716 g/mol. The summed E-state index contributed by atoms with van der Waals surface area (Å²) >= 11 is 0. The van der Waals surface area contributed by atoms with Crippen molar-refractivity contribution in [3.8, 4) is 79.2 Å². The number of rotatable bonds is 7. The van der Waals surface area contributed by atoms with Crippen molar-refractivity contribution in [3.05, 3.63) is 200 Å². The van der Waals surface area contributed by atoms with Crippen LogP contribution >= 0.6 is 0 Å². The van der Waals surface area contributed by atoms with E-state index in [9.17, 15) is 0 Å². The monoisotopic (exact) mass is 715 g/mol. The molecule has 0 fully saturated rings. The van der Waals surface area contributed by atoms with Crippen molar-refractivity contribution in [2.45, 2.75) is 0 Å². The fourth-order valence-corrected chi connectivity index (χ4v) is 7.31. The molecular weight excluding hydrogens is 683 g/mol. The lowest BCUT2D eigenvalue weighted by atomic mass is 9.97. The molecule has 2 aromatic heterocycles. The van der Waals surface area contributed by atoms with Gasteiger partial charge in [0.1, 0.15) is 0 Å². The predicted octanol–water partition coefficient (Wildman–Crippen LogP) is 12.6. The Morgan fingerprint density at radius 3 is 1.36 bits per heavy atom. The molecule has 262 valence electrons. The van der Waals surface area contributed by atoms with Crippen LogP contribution in [0.15, 0.2) is 200 Å². The van der Waals surface area contributed by atoms with E-state index in [1.165, 1.54) is 21.5 Å². The van der Waals surface area contributed by atoms with Gasteiger partial charge in [-0.3, -0.25) is 0 Å². The highest BCUT2D eigenvalue weighted by atomic mass is 15.0. The summed E-state index contributed by atoms with van der Waals surface area (Å²) in [6, 6.07) is 68.8. The number of aromatic nitrogens is 5. The number of nitrogens with zero attached hydrogens (tertiary/aromatic N) is 5. The minimum atomic E-state index is 0.615. The zero-order valence-corrected chi connectivity index (χ0v) is 30.3. The molecule has 0 saturated heterocycles. The molecule has 5 nitrogen and oxygen atoms in total. The summed E-state index contributed by atoms with van der Waals surface area (Å²) in [4.78, 5) is 25.2. The van der Waals surface area contributed by atoms with E-state index in [4.69, 9.17) is 24.9 Å². The fraction of sp³-hybridized carbons (Fsp3) is 0. The van der Waals surface area contributed by atoms with Crippen molar-refractivity contribution in [1.29, 1.82) is 0 Å². The van der Waals surface area contributed by atoms with Gasteiger partial charge in [0.25, 0.3) is 0 Å². The molecule has 0 amide bonds. The molecule has 0 aliphatic carbocycles. The molecule has 0 aliphatic heterocycles. The van der Waals surface area contributed by atoms with Gasteiger partial charge in [-0.2, -0.15) is 0 Å². The average Bonchev–Trinajstić information content (AvgIpc) is 3.29. The highest BCUT2D eigenvalue weighted by Gasteiger charge is 2.17. The van der Waals surface area contributed by atoms with Gasteiger partial charge >= 0.3 is 0 Å². The van der Waals surface area contributed by atoms with Crippen LogP contribution in [0.2, 0.25) is 0 Å². The normalized spacial score (nSPS) is 11.2. The third kappa shape index (κ3) is 6.37. The maximum absolute atomic E-state index is 5.18. The number of hydrogen-bond donors (Lipinski definition) is 0. The van der Waals surface area contributed by atoms with Gasteiger partial charge in [0, 0.05) is 33.4 Å². The maximum atomic E-state index is 5.18. The molecule has 5 heteroatoms. The zero-order valence-electron chi connectivity index (χ0n) is 30.3. The van der Waals surface area contributed by atoms with Gasteiger partial charge in [-0.25, -0.2) is 24.9 Å². The number of benzene rings is 8. The summed E-state index contributed by atoms with van der Waals surface area (Å²) in [6.45, 7) is 0. The summed E-state index contributed by atoms with van der Waals surface area (Å²) in [7, 11) is 0. The summed E-state index contributed by atoms with van der Waals surface area (Å²) in [5, 5.41) is 4.88. The highest BCUT2D eigenvalue weighted by molar-refractivity contribution is 6.08. The third-order valence-corrected chi connectivity index (χ3v) is 10.2. The van der Waals surface area contributed by atoms with Crippen LogP contribution in [0, 0.1) is 0 Å². The Hall–Kier alpha value is -7.63. The summed E-state index contributed by atoms with van der Waals surface area (Å²) < 4.78 is 0.